The molecule has 1 amide bonds. The summed E-state index contributed by atoms with van der Waals surface area (Å²) in [6.07, 6.45) is -8.61. The van der Waals surface area contributed by atoms with Gasteiger partial charge in [0.15, 0.2) is 0 Å². The fraction of sp³-hybridized carbons (Fsp3) is 0.300. The summed E-state index contributed by atoms with van der Waals surface area (Å²) in [5.41, 5.74) is -3.14. The number of benzene rings is 1. The third kappa shape index (κ3) is 3.59. The van der Waals surface area contributed by atoms with E-state index in [1.165, 1.54) is 6.41 Å². The minimum Gasteiger partial charge on any atom is -0.166 e. The Morgan fingerprint density at radius 3 is 1.72 bits per heavy atom. The monoisotopic (exact) mass is 270 g/mol. The van der Waals surface area contributed by atoms with Crippen LogP contribution in [0.1, 0.15) is 16.7 Å². The van der Waals surface area contributed by atoms with Gasteiger partial charge in [0.2, 0.25) is 0 Å². The van der Waals surface area contributed by atoms with E-state index in [1.807, 2.05) is 5.32 Å². The molecule has 1 rings (SSSR count). The van der Waals surface area contributed by atoms with Crippen molar-refractivity contribution in [3.63, 3.8) is 0 Å². The Kier molecular flexibility index (Phi) is 3.81. The first-order valence-corrected chi connectivity index (χ1v) is 4.53. The maximum Gasteiger partial charge on any atom is 0.665 e. The van der Waals surface area contributed by atoms with Gasteiger partial charge in [-0.15, -0.1) is 5.32 Å². The molecule has 0 spiro atoms. The Balaban J connectivity index is 3.24. The number of alkyl halides is 6. The van der Waals surface area contributed by atoms with Crippen LogP contribution < -0.4 is 5.32 Å². The molecule has 0 radical (unpaired) electrons. The van der Waals surface area contributed by atoms with Crippen molar-refractivity contribution in [1.82, 2.24) is 5.32 Å². The van der Waals surface area contributed by atoms with Crippen molar-refractivity contribution in [1.29, 1.82) is 0 Å². The predicted octanol–water partition coefficient (Wildman–Crippen LogP) is 2.88. The maximum absolute atomic E-state index is 12.4. The van der Waals surface area contributed by atoms with Crippen LogP contribution in [0.3, 0.4) is 0 Å². The lowest BCUT2D eigenvalue weighted by Crippen LogP contribution is -2.15. The van der Waals surface area contributed by atoms with Crippen molar-refractivity contribution >= 4 is 6.41 Å². The average Bonchev–Trinajstić information content (AvgIpc) is 2.23. The molecule has 0 heterocycles. The highest BCUT2D eigenvalue weighted by atomic mass is 19.4. The van der Waals surface area contributed by atoms with Crippen molar-refractivity contribution in [2.75, 3.05) is 0 Å². The van der Waals surface area contributed by atoms with Gasteiger partial charge in [0, 0.05) is 0 Å². The molecule has 0 aliphatic heterocycles. The van der Waals surface area contributed by atoms with Crippen molar-refractivity contribution in [2.45, 2.75) is 18.9 Å². The Bertz CT molecular complexity index is 405. The van der Waals surface area contributed by atoms with E-state index in [0.717, 1.165) is 0 Å². The Morgan fingerprint density at radius 2 is 1.39 bits per heavy atom. The Hall–Kier alpha value is -1.82. The third-order valence-corrected chi connectivity index (χ3v) is 2.01. The summed E-state index contributed by atoms with van der Waals surface area (Å²) in [4.78, 5) is 9.86. The van der Waals surface area contributed by atoms with Crippen molar-refractivity contribution in [3.05, 3.63) is 34.9 Å². The van der Waals surface area contributed by atoms with Crippen molar-refractivity contribution in [3.8, 4) is 0 Å². The minimum atomic E-state index is -4.89. The molecular formula is C10H6F6NO+. The Morgan fingerprint density at radius 1 is 0.944 bits per heavy atom. The topological polar surface area (TPSA) is 29.1 Å². The van der Waals surface area contributed by atoms with Crippen LogP contribution in [-0.4, -0.2) is 6.41 Å². The van der Waals surface area contributed by atoms with Gasteiger partial charge in [-0.1, -0.05) is 0 Å². The lowest BCUT2D eigenvalue weighted by molar-refractivity contribution is -0.143. The highest BCUT2D eigenvalue weighted by Gasteiger charge is 2.36. The molecule has 1 aromatic rings. The van der Waals surface area contributed by atoms with Gasteiger partial charge in [0.05, 0.1) is 22.5 Å². The molecule has 0 aliphatic rings. The zero-order chi connectivity index (χ0) is 14.0. The molecule has 0 atom stereocenters. The molecular weight excluding hydrogens is 264 g/mol. The number of nitrogens with one attached hydrogen (secondary N) is 1. The van der Waals surface area contributed by atoms with Gasteiger partial charge in [-0.25, -0.2) is 0 Å². The highest BCUT2D eigenvalue weighted by Crippen LogP contribution is 2.36. The first-order chi connectivity index (χ1) is 8.14. The SMILES string of the molecule is O=[C+]NCc1cc(C(F)(F)F)cc(C(F)(F)F)c1. The van der Waals surface area contributed by atoms with Gasteiger partial charge < -0.3 is 0 Å². The molecule has 0 bridgehead atoms. The zero-order valence-corrected chi connectivity index (χ0v) is 8.62. The molecule has 2 nitrogen and oxygen atoms in total. The largest absolute Gasteiger partial charge is 0.665 e. The van der Waals surface area contributed by atoms with E-state index in [9.17, 15) is 31.1 Å². The second-order valence-corrected chi connectivity index (χ2v) is 3.37. The smallest absolute Gasteiger partial charge is 0.166 e. The second kappa shape index (κ2) is 4.81. The lowest BCUT2D eigenvalue weighted by atomic mass is 10.0. The molecule has 0 aliphatic carbocycles. The van der Waals surface area contributed by atoms with Crippen LogP contribution in [0.15, 0.2) is 18.2 Å². The highest BCUT2D eigenvalue weighted by molar-refractivity contribution is 5.47. The summed E-state index contributed by atoms with van der Waals surface area (Å²) in [5, 5.41) is 1.88. The van der Waals surface area contributed by atoms with Crippen LogP contribution >= 0.6 is 0 Å². The number of hydrogen-bond acceptors (Lipinski definition) is 1. The van der Waals surface area contributed by atoms with E-state index in [0.29, 0.717) is 12.1 Å². The first kappa shape index (κ1) is 14.2. The van der Waals surface area contributed by atoms with Crippen LogP contribution in [0.2, 0.25) is 0 Å². The molecule has 18 heavy (non-hydrogen) atoms. The molecule has 0 fully saturated rings. The molecule has 1 N–H and O–H groups in total. The summed E-state index contributed by atoms with van der Waals surface area (Å²) in [6, 6.07) is 1.10. The summed E-state index contributed by atoms with van der Waals surface area (Å²) in [7, 11) is 0. The number of rotatable bonds is 3. The maximum atomic E-state index is 12.4. The molecule has 0 saturated carbocycles. The fourth-order valence-corrected chi connectivity index (χ4v) is 1.26. The fourth-order valence-electron chi connectivity index (χ4n) is 1.26. The van der Waals surface area contributed by atoms with Crippen molar-refractivity contribution < 1.29 is 31.1 Å². The third-order valence-electron chi connectivity index (χ3n) is 2.01. The molecule has 1 aromatic carbocycles. The van der Waals surface area contributed by atoms with Crippen LogP contribution in [0.25, 0.3) is 0 Å². The Labute approximate surface area is 97.6 Å². The molecule has 0 saturated heterocycles. The summed E-state index contributed by atoms with van der Waals surface area (Å²) < 4.78 is 74.4. The average molecular weight is 270 g/mol. The first-order valence-electron chi connectivity index (χ1n) is 4.53. The number of halogens is 6. The van der Waals surface area contributed by atoms with Gasteiger partial charge >= 0.3 is 18.8 Å². The summed E-state index contributed by atoms with van der Waals surface area (Å²) in [6.45, 7) is -0.462. The van der Waals surface area contributed by atoms with Crippen molar-refractivity contribution in [2.24, 2.45) is 0 Å². The summed E-state index contributed by atoms with van der Waals surface area (Å²) >= 11 is 0. The van der Waals surface area contributed by atoms with Crippen LogP contribution in [0.5, 0.6) is 0 Å². The van der Waals surface area contributed by atoms with E-state index in [-0.39, 0.29) is 11.6 Å². The van der Waals surface area contributed by atoms with Gasteiger partial charge in [-0.05, 0) is 23.8 Å². The molecule has 0 aromatic heterocycles. The van der Waals surface area contributed by atoms with Gasteiger partial charge in [-0.3, -0.25) is 0 Å². The molecule has 0 unspecified atom stereocenters. The minimum absolute atomic E-state index is 0.0219. The molecule has 8 heteroatoms. The van der Waals surface area contributed by atoms with E-state index in [2.05, 4.69) is 0 Å². The van der Waals surface area contributed by atoms with Gasteiger partial charge in [0.25, 0.3) is 0 Å². The van der Waals surface area contributed by atoms with Gasteiger partial charge in [-0.2, -0.15) is 26.3 Å². The van der Waals surface area contributed by atoms with Crippen LogP contribution in [0, 0.1) is 0 Å². The summed E-state index contributed by atoms with van der Waals surface area (Å²) in [5.74, 6) is 0. The lowest BCUT2D eigenvalue weighted by Gasteiger charge is -2.13. The zero-order valence-electron chi connectivity index (χ0n) is 8.62. The van der Waals surface area contributed by atoms with Crippen LogP contribution in [-0.2, 0) is 23.7 Å². The van der Waals surface area contributed by atoms with Gasteiger partial charge in [0.1, 0.15) is 0 Å². The van der Waals surface area contributed by atoms with E-state index >= 15 is 0 Å². The number of amides is 1. The quantitative estimate of drug-likeness (QED) is 0.510. The van der Waals surface area contributed by atoms with E-state index in [4.69, 9.17) is 0 Å². The van der Waals surface area contributed by atoms with E-state index < -0.39 is 30.0 Å². The second-order valence-electron chi connectivity index (χ2n) is 3.37. The standard InChI is InChI=1S/C10H6F6NO/c11-9(12,13)7-1-6(4-17-5-18)2-8(3-7)10(14,15)16/h1-3H,4H2,(H,17,18)/q+1. The number of hydrogen-bond donors (Lipinski definition) is 1. The predicted molar refractivity (Wildman–Crippen MR) is 49.0 cm³/mol. The molecule has 98 valence electrons. The van der Waals surface area contributed by atoms with E-state index in [1.54, 1.807) is 0 Å². The van der Waals surface area contributed by atoms with Crippen LogP contribution in [0.4, 0.5) is 26.3 Å². The number of carbonyl (C=O) groups excluding carboxylic acids is 1. The normalized spacial score (nSPS) is 12.1.